The van der Waals surface area contributed by atoms with Gasteiger partial charge in [-0.2, -0.15) is 0 Å². The van der Waals surface area contributed by atoms with Gasteiger partial charge in [-0.15, -0.1) is 24.9 Å². The van der Waals surface area contributed by atoms with Crippen molar-refractivity contribution in [2.24, 2.45) is 0 Å². The average molecular weight is 372 g/mol. The molecule has 0 unspecified atom stereocenters. The van der Waals surface area contributed by atoms with E-state index >= 15 is 0 Å². The molecule has 1 aromatic heterocycles. The van der Waals surface area contributed by atoms with Crippen molar-refractivity contribution >= 4 is 22.8 Å². The number of piperazine rings is 1. The Morgan fingerprint density at radius 1 is 1.07 bits per heavy atom. The summed E-state index contributed by atoms with van der Waals surface area (Å²) >= 11 is 1.97. The molecule has 2 aromatic carbocycles. The molecule has 0 spiro atoms. The van der Waals surface area contributed by atoms with Gasteiger partial charge < -0.3 is 14.8 Å². The average Bonchev–Trinajstić information content (AvgIpc) is 3.09. The fourth-order valence-electron chi connectivity index (χ4n) is 3.46. The zero-order chi connectivity index (χ0) is 17.8. The molecule has 0 aliphatic carbocycles. The Kier molecular flexibility index (Phi) is 7.46. The Bertz CT molecular complexity index is 873. The maximum Gasteiger partial charge on any atom is 1.00 e. The summed E-state index contributed by atoms with van der Waals surface area (Å²) in [4.78, 5) is 8.43. The van der Waals surface area contributed by atoms with Gasteiger partial charge in [0, 0.05) is 23.7 Å². The van der Waals surface area contributed by atoms with Crippen LogP contribution in [0.25, 0.3) is 16.4 Å². The second-order valence-corrected chi connectivity index (χ2v) is 7.90. The van der Waals surface area contributed by atoms with E-state index < -0.39 is 0 Å². The molecule has 0 bridgehead atoms. The molecule has 6 heteroatoms. The monoisotopic (exact) mass is 372 g/mol. The standard InChI is InChI=1S/C21H25N4S.Li/c1-17-18(15-25-16-23-19-6-2-3-7-20(19)25)5-4-8-21(17)26-14-13-24-11-9-22-10-12-24;/h2-8,16H,9-15H2,1H3;/q-1;+1. The molecule has 0 radical (unpaired) electrons. The molecule has 1 aliphatic heterocycles. The summed E-state index contributed by atoms with van der Waals surface area (Å²) in [6, 6.07) is 15.0. The number of benzene rings is 2. The second kappa shape index (κ2) is 9.82. The van der Waals surface area contributed by atoms with Crippen LogP contribution in [0.4, 0.5) is 0 Å². The Morgan fingerprint density at radius 3 is 2.74 bits per heavy atom. The number of hydrogen-bond donors (Lipinski definition) is 0. The molecule has 4 rings (SSSR count). The topological polar surface area (TPSA) is 35.2 Å². The van der Waals surface area contributed by atoms with E-state index in [2.05, 4.69) is 63.1 Å². The second-order valence-electron chi connectivity index (χ2n) is 6.76. The van der Waals surface area contributed by atoms with Crippen LogP contribution in [0, 0.1) is 6.92 Å². The van der Waals surface area contributed by atoms with E-state index in [9.17, 15) is 0 Å². The number of fused-ring (bicyclic) bond motifs is 1. The van der Waals surface area contributed by atoms with Crippen LogP contribution in [0.15, 0.2) is 53.7 Å². The van der Waals surface area contributed by atoms with Crippen LogP contribution in [-0.4, -0.2) is 52.9 Å². The molecule has 2 heterocycles. The SMILES string of the molecule is Cc1c(Cn2cnc3ccccc32)cccc1SCCN1CC[N-]CC1.[Li+]. The number of hydrogen-bond acceptors (Lipinski definition) is 3. The molecule has 3 aromatic rings. The normalized spacial score (nSPS) is 15.0. The van der Waals surface area contributed by atoms with Crippen LogP contribution in [0.5, 0.6) is 0 Å². The van der Waals surface area contributed by atoms with Crippen molar-refractivity contribution in [3.63, 3.8) is 0 Å². The molecule has 4 nitrogen and oxygen atoms in total. The summed E-state index contributed by atoms with van der Waals surface area (Å²) in [6.07, 6.45) is 1.95. The zero-order valence-corrected chi connectivity index (χ0v) is 17.1. The van der Waals surface area contributed by atoms with Crippen LogP contribution in [0.3, 0.4) is 0 Å². The molecule has 1 fully saturated rings. The van der Waals surface area contributed by atoms with E-state index in [1.165, 1.54) is 21.5 Å². The van der Waals surface area contributed by atoms with Crippen LogP contribution >= 0.6 is 11.8 Å². The molecule has 0 atom stereocenters. The molecule has 1 aliphatic rings. The first-order valence-electron chi connectivity index (χ1n) is 9.28. The van der Waals surface area contributed by atoms with Crippen molar-refractivity contribution in [3.05, 3.63) is 65.2 Å². The molecule has 0 amide bonds. The first-order chi connectivity index (χ1) is 12.8. The van der Waals surface area contributed by atoms with Crippen LogP contribution in [0.1, 0.15) is 11.1 Å². The van der Waals surface area contributed by atoms with Gasteiger partial charge in [-0.25, -0.2) is 4.98 Å². The summed E-state index contributed by atoms with van der Waals surface area (Å²) < 4.78 is 2.24. The summed E-state index contributed by atoms with van der Waals surface area (Å²) in [5.41, 5.74) is 5.02. The number of imidazole rings is 1. The summed E-state index contributed by atoms with van der Waals surface area (Å²) in [7, 11) is 0. The van der Waals surface area contributed by atoms with Gasteiger partial charge in [-0.1, -0.05) is 24.3 Å². The first kappa shape index (κ1) is 20.5. The molecular formula is C21H25LiN4S. The number of aromatic nitrogens is 2. The summed E-state index contributed by atoms with van der Waals surface area (Å²) in [5, 5.41) is 4.42. The largest absolute Gasteiger partial charge is 1.00 e. The van der Waals surface area contributed by atoms with E-state index in [0.717, 1.165) is 50.5 Å². The number of thioether (sulfide) groups is 1. The minimum absolute atomic E-state index is 0. The van der Waals surface area contributed by atoms with Crippen molar-refractivity contribution in [2.45, 2.75) is 18.4 Å². The van der Waals surface area contributed by atoms with Crippen molar-refractivity contribution in [3.8, 4) is 0 Å². The minimum atomic E-state index is 0. The Hall–Kier alpha value is -1.22. The first-order valence-corrected chi connectivity index (χ1v) is 10.3. The van der Waals surface area contributed by atoms with Gasteiger partial charge in [-0.05, 0) is 49.3 Å². The van der Waals surface area contributed by atoms with E-state index in [4.69, 9.17) is 0 Å². The fraction of sp³-hybridized carbons (Fsp3) is 0.381. The number of para-hydroxylation sites is 2. The molecule has 0 N–H and O–H groups in total. The van der Waals surface area contributed by atoms with Gasteiger partial charge in [0.2, 0.25) is 0 Å². The number of nitrogens with zero attached hydrogens (tertiary/aromatic N) is 4. The van der Waals surface area contributed by atoms with Crippen molar-refractivity contribution in [1.29, 1.82) is 0 Å². The molecule has 0 saturated carbocycles. The van der Waals surface area contributed by atoms with Crippen LogP contribution < -0.4 is 18.9 Å². The van der Waals surface area contributed by atoms with Crippen molar-refractivity contribution in [1.82, 2.24) is 14.5 Å². The zero-order valence-electron chi connectivity index (χ0n) is 16.3. The van der Waals surface area contributed by atoms with Crippen LogP contribution in [0.2, 0.25) is 0 Å². The van der Waals surface area contributed by atoms with Gasteiger partial charge in [0.15, 0.2) is 0 Å². The quantitative estimate of drug-likeness (QED) is 0.482. The summed E-state index contributed by atoms with van der Waals surface area (Å²) in [5.74, 6) is 1.14. The van der Waals surface area contributed by atoms with E-state index in [0.29, 0.717) is 0 Å². The van der Waals surface area contributed by atoms with E-state index in [1.54, 1.807) is 0 Å². The van der Waals surface area contributed by atoms with Gasteiger partial charge >= 0.3 is 18.9 Å². The fourth-order valence-corrected chi connectivity index (χ4v) is 4.56. The Labute approximate surface area is 177 Å². The predicted octanol–water partition coefficient (Wildman–Crippen LogP) is 1.18. The Balaban J connectivity index is 0.00000210. The molecule has 1 saturated heterocycles. The van der Waals surface area contributed by atoms with Gasteiger partial charge in [0.05, 0.1) is 17.4 Å². The minimum Gasteiger partial charge on any atom is -0.660 e. The predicted molar refractivity (Wildman–Crippen MR) is 110 cm³/mol. The molecular weight excluding hydrogens is 347 g/mol. The van der Waals surface area contributed by atoms with E-state index in [-0.39, 0.29) is 18.9 Å². The molecule has 27 heavy (non-hydrogen) atoms. The van der Waals surface area contributed by atoms with Gasteiger partial charge in [-0.3, -0.25) is 0 Å². The van der Waals surface area contributed by atoms with E-state index in [1.807, 2.05) is 24.2 Å². The smallest absolute Gasteiger partial charge is 0.660 e. The third-order valence-corrected chi connectivity index (χ3v) is 6.22. The Morgan fingerprint density at radius 2 is 1.89 bits per heavy atom. The van der Waals surface area contributed by atoms with Gasteiger partial charge in [0.1, 0.15) is 0 Å². The van der Waals surface area contributed by atoms with Crippen molar-refractivity contribution in [2.75, 3.05) is 38.5 Å². The third kappa shape index (κ3) is 4.99. The van der Waals surface area contributed by atoms with Crippen LogP contribution in [-0.2, 0) is 6.54 Å². The maximum atomic E-state index is 4.51. The third-order valence-electron chi connectivity index (χ3n) is 5.08. The van der Waals surface area contributed by atoms with Crippen molar-refractivity contribution < 1.29 is 18.9 Å². The molecule has 136 valence electrons. The maximum absolute atomic E-state index is 4.51. The van der Waals surface area contributed by atoms with Gasteiger partial charge in [0.25, 0.3) is 0 Å². The summed E-state index contributed by atoms with van der Waals surface area (Å²) in [6.45, 7) is 8.50. The number of rotatable bonds is 6.